The molecule has 0 bridgehead atoms. The normalized spacial score (nSPS) is 12.6. The van der Waals surface area contributed by atoms with Crippen LogP contribution in [0.15, 0.2) is 24.3 Å². The number of carboxylic acids is 1. The maximum absolute atomic E-state index is 10.9. The molecule has 1 unspecified atom stereocenters. The predicted octanol–water partition coefficient (Wildman–Crippen LogP) is 3.79. The van der Waals surface area contributed by atoms with Crippen molar-refractivity contribution < 1.29 is 9.90 Å². The number of hydrogen-bond acceptors (Lipinski definition) is 2. The Bertz CT molecular complexity index is 398. The number of carboxylic acid groups (broad SMARTS) is 1. The van der Waals surface area contributed by atoms with E-state index in [0.29, 0.717) is 0 Å². The van der Waals surface area contributed by atoms with E-state index in [1.54, 1.807) is 6.92 Å². The number of hydrogen-bond donors (Lipinski definition) is 2. The molecule has 3 heteroatoms. The zero-order valence-electron chi connectivity index (χ0n) is 12.9. The Kier molecular flexibility index (Phi) is 7.31. The Labute approximate surface area is 122 Å². The third-order valence-corrected chi connectivity index (χ3v) is 3.56. The molecule has 0 aliphatic heterocycles. The van der Waals surface area contributed by atoms with Crippen LogP contribution in [-0.4, -0.2) is 17.6 Å². The van der Waals surface area contributed by atoms with E-state index in [1.807, 2.05) is 24.3 Å². The van der Waals surface area contributed by atoms with Crippen LogP contribution in [0.5, 0.6) is 0 Å². The van der Waals surface area contributed by atoms with Crippen molar-refractivity contribution in [2.24, 2.45) is 5.92 Å². The van der Waals surface area contributed by atoms with Crippen molar-refractivity contribution in [3.63, 3.8) is 0 Å². The largest absolute Gasteiger partial charge is 0.481 e. The molecule has 1 atom stereocenters. The molecule has 0 saturated heterocycles. The molecule has 20 heavy (non-hydrogen) atoms. The van der Waals surface area contributed by atoms with E-state index in [1.165, 1.54) is 24.8 Å². The zero-order chi connectivity index (χ0) is 15.0. The second kappa shape index (κ2) is 8.75. The van der Waals surface area contributed by atoms with Gasteiger partial charge in [-0.05, 0) is 36.9 Å². The van der Waals surface area contributed by atoms with Crippen LogP contribution in [0.4, 0.5) is 0 Å². The molecule has 1 aromatic rings. The first-order valence-corrected chi connectivity index (χ1v) is 7.53. The van der Waals surface area contributed by atoms with Gasteiger partial charge in [0.05, 0.1) is 5.92 Å². The van der Waals surface area contributed by atoms with Crippen molar-refractivity contribution in [3.8, 4) is 0 Å². The van der Waals surface area contributed by atoms with Gasteiger partial charge in [-0.2, -0.15) is 0 Å². The monoisotopic (exact) mass is 277 g/mol. The van der Waals surface area contributed by atoms with E-state index < -0.39 is 11.9 Å². The first-order valence-electron chi connectivity index (χ1n) is 7.53. The maximum atomic E-state index is 10.9. The molecule has 0 aliphatic rings. The van der Waals surface area contributed by atoms with Gasteiger partial charge in [0.25, 0.3) is 0 Å². The molecule has 0 heterocycles. The summed E-state index contributed by atoms with van der Waals surface area (Å²) >= 11 is 0. The highest BCUT2D eigenvalue weighted by molar-refractivity contribution is 5.75. The van der Waals surface area contributed by atoms with Gasteiger partial charge in [0.1, 0.15) is 0 Å². The topological polar surface area (TPSA) is 49.3 Å². The SMILES string of the molecule is CC(C)CCCCNCc1ccc(C(C)C(=O)O)cc1. The fourth-order valence-electron chi connectivity index (χ4n) is 2.10. The van der Waals surface area contributed by atoms with Crippen molar-refractivity contribution in [1.29, 1.82) is 0 Å². The molecular weight excluding hydrogens is 250 g/mol. The summed E-state index contributed by atoms with van der Waals surface area (Å²) in [5.74, 6) is -0.423. The minimum absolute atomic E-state index is 0.437. The summed E-state index contributed by atoms with van der Waals surface area (Å²) in [5.41, 5.74) is 2.06. The number of rotatable bonds is 9. The van der Waals surface area contributed by atoms with Gasteiger partial charge in [-0.15, -0.1) is 0 Å². The summed E-state index contributed by atoms with van der Waals surface area (Å²) in [4.78, 5) is 10.9. The lowest BCUT2D eigenvalue weighted by atomic mass is 10.00. The predicted molar refractivity (Wildman–Crippen MR) is 82.9 cm³/mol. The van der Waals surface area contributed by atoms with Crippen LogP contribution >= 0.6 is 0 Å². The molecule has 0 spiro atoms. The zero-order valence-corrected chi connectivity index (χ0v) is 12.9. The molecule has 2 N–H and O–H groups in total. The average Bonchev–Trinajstić information content (AvgIpc) is 2.42. The quantitative estimate of drug-likeness (QED) is 0.675. The van der Waals surface area contributed by atoms with Crippen molar-refractivity contribution in [2.45, 2.75) is 52.5 Å². The van der Waals surface area contributed by atoms with Crippen molar-refractivity contribution in [1.82, 2.24) is 5.32 Å². The van der Waals surface area contributed by atoms with Crippen LogP contribution in [0.3, 0.4) is 0 Å². The Hall–Kier alpha value is -1.35. The third-order valence-electron chi connectivity index (χ3n) is 3.56. The summed E-state index contributed by atoms with van der Waals surface area (Å²) in [6.07, 6.45) is 3.79. The molecule has 1 rings (SSSR count). The molecule has 0 aromatic heterocycles. The van der Waals surface area contributed by atoms with E-state index in [-0.39, 0.29) is 0 Å². The molecule has 0 saturated carbocycles. The van der Waals surface area contributed by atoms with Gasteiger partial charge >= 0.3 is 5.97 Å². The van der Waals surface area contributed by atoms with Crippen LogP contribution in [0, 0.1) is 5.92 Å². The summed E-state index contributed by atoms with van der Waals surface area (Å²) in [7, 11) is 0. The van der Waals surface area contributed by atoms with E-state index in [4.69, 9.17) is 5.11 Å². The van der Waals surface area contributed by atoms with Crippen LogP contribution < -0.4 is 5.32 Å². The molecule has 1 aromatic carbocycles. The second-order valence-electron chi connectivity index (χ2n) is 5.87. The molecule has 3 nitrogen and oxygen atoms in total. The van der Waals surface area contributed by atoms with E-state index >= 15 is 0 Å². The highest BCUT2D eigenvalue weighted by Crippen LogP contribution is 2.16. The van der Waals surface area contributed by atoms with Crippen LogP contribution in [0.25, 0.3) is 0 Å². The minimum Gasteiger partial charge on any atom is -0.481 e. The van der Waals surface area contributed by atoms with Gasteiger partial charge in [-0.3, -0.25) is 4.79 Å². The van der Waals surface area contributed by atoms with Crippen LogP contribution in [0.2, 0.25) is 0 Å². The van der Waals surface area contributed by atoms with Gasteiger partial charge in [-0.25, -0.2) is 0 Å². The highest BCUT2D eigenvalue weighted by Gasteiger charge is 2.12. The van der Waals surface area contributed by atoms with Crippen molar-refractivity contribution >= 4 is 5.97 Å². The minimum atomic E-state index is -0.777. The van der Waals surface area contributed by atoms with Gasteiger partial charge in [0.15, 0.2) is 0 Å². The Morgan fingerprint density at radius 3 is 2.35 bits per heavy atom. The Morgan fingerprint density at radius 1 is 1.15 bits per heavy atom. The number of aliphatic carboxylic acids is 1. The van der Waals surface area contributed by atoms with Gasteiger partial charge in [-0.1, -0.05) is 51.0 Å². The summed E-state index contributed by atoms with van der Waals surface area (Å²) < 4.78 is 0. The smallest absolute Gasteiger partial charge is 0.310 e. The summed E-state index contributed by atoms with van der Waals surface area (Å²) in [6.45, 7) is 8.12. The molecule has 0 radical (unpaired) electrons. The fourth-order valence-corrected chi connectivity index (χ4v) is 2.10. The van der Waals surface area contributed by atoms with Crippen molar-refractivity contribution in [2.75, 3.05) is 6.54 Å². The Morgan fingerprint density at radius 2 is 1.80 bits per heavy atom. The van der Waals surface area contributed by atoms with E-state index in [2.05, 4.69) is 19.2 Å². The lowest BCUT2D eigenvalue weighted by Crippen LogP contribution is -2.15. The third kappa shape index (κ3) is 6.20. The molecule has 112 valence electrons. The Balaban J connectivity index is 2.26. The number of unbranched alkanes of at least 4 members (excludes halogenated alkanes) is 1. The summed E-state index contributed by atoms with van der Waals surface area (Å²) in [5, 5.41) is 12.4. The summed E-state index contributed by atoms with van der Waals surface area (Å²) in [6, 6.07) is 7.84. The second-order valence-corrected chi connectivity index (χ2v) is 5.87. The van der Waals surface area contributed by atoms with Gasteiger partial charge in [0.2, 0.25) is 0 Å². The standard InChI is InChI=1S/C17H27NO2/c1-13(2)6-4-5-11-18-12-15-7-9-16(10-8-15)14(3)17(19)20/h7-10,13-14,18H,4-6,11-12H2,1-3H3,(H,19,20). The number of nitrogens with one attached hydrogen (secondary N) is 1. The van der Waals surface area contributed by atoms with Gasteiger partial charge < -0.3 is 10.4 Å². The first kappa shape index (κ1) is 16.7. The number of carbonyl (C=O) groups is 1. The van der Waals surface area contributed by atoms with Crippen LogP contribution in [-0.2, 0) is 11.3 Å². The lowest BCUT2D eigenvalue weighted by molar-refractivity contribution is -0.138. The van der Waals surface area contributed by atoms with Crippen LogP contribution in [0.1, 0.15) is 57.1 Å². The molecule has 0 aliphatic carbocycles. The van der Waals surface area contributed by atoms with E-state index in [0.717, 1.165) is 24.6 Å². The average molecular weight is 277 g/mol. The molecule has 0 amide bonds. The van der Waals surface area contributed by atoms with Crippen molar-refractivity contribution in [3.05, 3.63) is 35.4 Å². The van der Waals surface area contributed by atoms with E-state index in [9.17, 15) is 4.79 Å². The maximum Gasteiger partial charge on any atom is 0.310 e. The highest BCUT2D eigenvalue weighted by atomic mass is 16.4. The van der Waals surface area contributed by atoms with Gasteiger partial charge in [0, 0.05) is 6.54 Å². The fraction of sp³-hybridized carbons (Fsp3) is 0.588. The molecule has 0 fully saturated rings. The molecular formula is C17H27NO2. The number of benzene rings is 1. The lowest BCUT2D eigenvalue weighted by Gasteiger charge is -2.09. The first-order chi connectivity index (χ1) is 9.50.